The standard InChI is InChI=1S/C13H10F3NO3S/c14-9-2-1-3-11(13(9)16)17-21(19,20)12-5-4-8(7-18)6-10(12)15/h1-6,17-18H,7H2. The van der Waals surface area contributed by atoms with Crippen LogP contribution in [0.3, 0.4) is 0 Å². The van der Waals surface area contributed by atoms with Gasteiger partial charge in [-0.2, -0.15) is 0 Å². The van der Waals surface area contributed by atoms with Gasteiger partial charge in [-0.15, -0.1) is 0 Å². The van der Waals surface area contributed by atoms with E-state index in [9.17, 15) is 21.6 Å². The first-order chi connectivity index (χ1) is 9.85. The molecule has 0 aromatic heterocycles. The van der Waals surface area contributed by atoms with E-state index >= 15 is 0 Å². The van der Waals surface area contributed by atoms with Crippen molar-refractivity contribution in [1.82, 2.24) is 0 Å². The molecular formula is C13H10F3NO3S. The monoisotopic (exact) mass is 317 g/mol. The van der Waals surface area contributed by atoms with Gasteiger partial charge in [0.05, 0.1) is 12.3 Å². The summed E-state index contributed by atoms with van der Waals surface area (Å²) in [4.78, 5) is -0.733. The van der Waals surface area contributed by atoms with Gasteiger partial charge in [-0.05, 0) is 29.8 Å². The van der Waals surface area contributed by atoms with Crippen LogP contribution < -0.4 is 4.72 Å². The summed E-state index contributed by atoms with van der Waals surface area (Å²) in [6.07, 6.45) is 0. The van der Waals surface area contributed by atoms with Gasteiger partial charge in [-0.3, -0.25) is 4.72 Å². The average molecular weight is 317 g/mol. The summed E-state index contributed by atoms with van der Waals surface area (Å²) >= 11 is 0. The Morgan fingerprint density at radius 3 is 2.38 bits per heavy atom. The minimum atomic E-state index is -4.42. The largest absolute Gasteiger partial charge is 0.392 e. The molecule has 2 aromatic carbocycles. The molecule has 21 heavy (non-hydrogen) atoms. The van der Waals surface area contributed by atoms with Gasteiger partial charge in [0.15, 0.2) is 11.6 Å². The van der Waals surface area contributed by atoms with Crippen LogP contribution in [0.4, 0.5) is 18.9 Å². The summed E-state index contributed by atoms with van der Waals surface area (Å²) in [6, 6.07) is 5.93. The van der Waals surface area contributed by atoms with Gasteiger partial charge in [0, 0.05) is 0 Å². The van der Waals surface area contributed by atoms with E-state index in [-0.39, 0.29) is 5.56 Å². The van der Waals surface area contributed by atoms with Crippen molar-refractivity contribution in [2.45, 2.75) is 11.5 Å². The van der Waals surface area contributed by atoms with Gasteiger partial charge in [-0.1, -0.05) is 12.1 Å². The molecule has 0 bridgehead atoms. The van der Waals surface area contributed by atoms with E-state index in [4.69, 9.17) is 5.11 Å². The van der Waals surface area contributed by atoms with Gasteiger partial charge in [-0.25, -0.2) is 21.6 Å². The molecule has 0 fully saturated rings. The predicted octanol–water partition coefficient (Wildman–Crippen LogP) is 2.40. The zero-order valence-corrected chi connectivity index (χ0v) is 11.3. The lowest BCUT2D eigenvalue weighted by Crippen LogP contribution is -2.16. The molecule has 112 valence electrons. The van der Waals surface area contributed by atoms with E-state index in [1.54, 1.807) is 4.72 Å². The van der Waals surface area contributed by atoms with Crippen molar-refractivity contribution in [3.05, 3.63) is 59.4 Å². The molecule has 0 atom stereocenters. The highest BCUT2D eigenvalue weighted by Gasteiger charge is 2.21. The smallest absolute Gasteiger partial charge is 0.264 e. The Bertz CT molecular complexity index is 778. The Balaban J connectivity index is 2.41. The van der Waals surface area contributed by atoms with Crippen LogP contribution in [0.2, 0.25) is 0 Å². The molecular weight excluding hydrogens is 307 g/mol. The fourth-order valence-electron chi connectivity index (χ4n) is 1.64. The maximum absolute atomic E-state index is 13.7. The minimum Gasteiger partial charge on any atom is -0.392 e. The lowest BCUT2D eigenvalue weighted by atomic mass is 10.2. The number of aliphatic hydroxyl groups excluding tert-OH is 1. The Labute approximate surface area is 118 Å². The SMILES string of the molecule is O=S(=O)(Nc1cccc(F)c1F)c1ccc(CO)cc1F. The van der Waals surface area contributed by atoms with E-state index in [0.717, 1.165) is 30.3 Å². The van der Waals surface area contributed by atoms with Crippen molar-refractivity contribution >= 4 is 15.7 Å². The molecule has 8 heteroatoms. The first-order valence-corrected chi connectivity index (χ1v) is 7.19. The number of halogens is 3. The van der Waals surface area contributed by atoms with Gasteiger partial charge in [0.1, 0.15) is 10.7 Å². The topological polar surface area (TPSA) is 66.4 Å². The number of nitrogens with one attached hydrogen (secondary N) is 1. The quantitative estimate of drug-likeness (QED) is 0.910. The van der Waals surface area contributed by atoms with Crippen LogP contribution in [0.25, 0.3) is 0 Å². The zero-order chi connectivity index (χ0) is 15.6. The van der Waals surface area contributed by atoms with Crippen molar-refractivity contribution in [2.75, 3.05) is 4.72 Å². The molecule has 2 aromatic rings. The predicted molar refractivity (Wildman–Crippen MR) is 69.5 cm³/mol. The normalized spacial score (nSPS) is 11.4. The molecule has 2 N–H and O–H groups in total. The summed E-state index contributed by atoms with van der Waals surface area (Å²) in [7, 11) is -4.42. The number of hydrogen-bond donors (Lipinski definition) is 2. The van der Waals surface area contributed by atoms with Crippen LogP contribution in [0.1, 0.15) is 5.56 Å². The molecule has 0 saturated heterocycles. The molecule has 0 saturated carbocycles. The van der Waals surface area contributed by atoms with Crippen LogP contribution >= 0.6 is 0 Å². The zero-order valence-electron chi connectivity index (χ0n) is 10.5. The Hall–Kier alpha value is -2.06. The van der Waals surface area contributed by atoms with Crippen molar-refractivity contribution in [3.8, 4) is 0 Å². The van der Waals surface area contributed by atoms with Crippen LogP contribution in [0.15, 0.2) is 41.3 Å². The fraction of sp³-hybridized carbons (Fsp3) is 0.0769. The Kier molecular flexibility index (Phi) is 4.19. The minimum absolute atomic E-state index is 0.184. The Morgan fingerprint density at radius 1 is 1.05 bits per heavy atom. The highest BCUT2D eigenvalue weighted by Crippen LogP contribution is 2.23. The number of sulfonamides is 1. The van der Waals surface area contributed by atoms with Crippen LogP contribution in [-0.4, -0.2) is 13.5 Å². The fourth-order valence-corrected chi connectivity index (χ4v) is 2.76. The second-order valence-electron chi connectivity index (χ2n) is 4.13. The van der Waals surface area contributed by atoms with Crippen LogP contribution in [0, 0.1) is 17.5 Å². The van der Waals surface area contributed by atoms with Crippen molar-refractivity contribution in [3.63, 3.8) is 0 Å². The van der Waals surface area contributed by atoms with Crippen LogP contribution in [0.5, 0.6) is 0 Å². The maximum Gasteiger partial charge on any atom is 0.264 e. The highest BCUT2D eigenvalue weighted by molar-refractivity contribution is 7.92. The molecule has 0 radical (unpaired) electrons. The van der Waals surface area contributed by atoms with Crippen molar-refractivity contribution in [1.29, 1.82) is 0 Å². The molecule has 4 nitrogen and oxygen atoms in total. The molecule has 0 unspecified atom stereocenters. The average Bonchev–Trinajstić information content (AvgIpc) is 2.43. The van der Waals surface area contributed by atoms with Gasteiger partial charge in [0.25, 0.3) is 10.0 Å². The lowest BCUT2D eigenvalue weighted by molar-refractivity contribution is 0.281. The van der Waals surface area contributed by atoms with Gasteiger partial charge >= 0.3 is 0 Å². The first-order valence-electron chi connectivity index (χ1n) is 5.71. The molecule has 2 rings (SSSR count). The number of aliphatic hydroxyl groups is 1. The summed E-state index contributed by atoms with van der Waals surface area (Å²) in [6.45, 7) is -0.455. The van der Waals surface area contributed by atoms with Gasteiger partial charge in [0.2, 0.25) is 0 Å². The molecule has 0 aliphatic heterocycles. The van der Waals surface area contributed by atoms with E-state index in [2.05, 4.69) is 0 Å². The first kappa shape index (κ1) is 15.3. The Morgan fingerprint density at radius 2 is 1.76 bits per heavy atom. The summed E-state index contributed by atoms with van der Waals surface area (Å²) in [5.41, 5.74) is -0.441. The molecule has 0 aliphatic carbocycles. The van der Waals surface area contributed by atoms with E-state index in [1.165, 1.54) is 6.07 Å². The number of anilines is 1. The summed E-state index contributed by atoms with van der Waals surface area (Å²) in [5.74, 6) is -3.72. The molecule has 0 spiro atoms. The van der Waals surface area contributed by atoms with E-state index < -0.39 is 44.7 Å². The van der Waals surface area contributed by atoms with E-state index in [1.807, 2.05) is 0 Å². The number of rotatable bonds is 4. The van der Waals surface area contributed by atoms with Gasteiger partial charge < -0.3 is 5.11 Å². The third kappa shape index (κ3) is 3.17. The molecule has 0 aliphatic rings. The summed E-state index contributed by atoms with van der Waals surface area (Å²) < 4.78 is 65.9. The number of hydrogen-bond acceptors (Lipinski definition) is 3. The molecule has 0 amide bonds. The lowest BCUT2D eigenvalue weighted by Gasteiger charge is -2.10. The third-order valence-corrected chi connectivity index (χ3v) is 4.06. The highest BCUT2D eigenvalue weighted by atomic mass is 32.2. The third-order valence-electron chi connectivity index (χ3n) is 2.66. The van der Waals surface area contributed by atoms with Crippen molar-refractivity contribution < 1.29 is 26.7 Å². The summed E-state index contributed by atoms with van der Waals surface area (Å²) in [5, 5.41) is 8.83. The molecule has 0 heterocycles. The van der Waals surface area contributed by atoms with E-state index in [0.29, 0.717) is 0 Å². The van der Waals surface area contributed by atoms with Crippen LogP contribution in [-0.2, 0) is 16.6 Å². The maximum atomic E-state index is 13.7. The second-order valence-corrected chi connectivity index (χ2v) is 5.78. The van der Waals surface area contributed by atoms with Crippen molar-refractivity contribution in [2.24, 2.45) is 0 Å². The number of benzene rings is 2. The second kappa shape index (κ2) is 5.74.